The number of fused-ring (bicyclic) bond motifs is 2. The third-order valence-corrected chi connectivity index (χ3v) is 4.95. The first kappa shape index (κ1) is 12.3. The molecule has 2 fully saturated rings. The number of Topliss-reactive ketones (excluding diaryl/α,β-unsaturated/α-hetero) is 1. The number of carbonyl (C=O) groups is 1. The summed E-state index contributed by atoms with van der Waals surface area (Å²) in [4.78, 5) is 12.8. The van der Waals surface area contributed by atoms with Gasteiger partial charge in [-0.1, -0.05) is 42.5 Å². The average Bonchev–Trinajstić information content (AvgIpc) is 3.22. The van der Waals surface area contributed by atoms with Crippen molar-refractivity contribution in [2.24, 2.45) is 17.8 Å². The van der Waals surface area contributed by atoms with Gasteiger partial charge in [0.15, 0.2) is 12.0 Å². The highest BCUT2D eigenvalue weighted by Crippen LogP contribution is 2.53. The number of carbonyl (C=O) groups excluding carboxylic acids is 1. The van der Waals surface area contributed by atoms with E-state index in [9.17, 15) is 4.79 Å². The Hall–Kier alpha value is -1.45. The van der Waals surface area contributed by atoms with Gasteiger partial charge in [-0.05, 0) is 23.8 Å². The molecule has 0 amide bonds. The van der Waals surface area contributed by atoms with Gasteiger partial charge in [0.2, 0.25) is 0 Å². The molecular weight excluding hydrogens is 250 g/mol. The van der Waals surface area contributed by atoms with E-state index < -0.39 is 0 Å². The first-order valence-corrected chi connectivity index (χ1v) is 7.46. The summed E-state index contributed by atoms with van der Waals surface area (Å²) in [5, 5.41) is 3.17. The van der Waals surface area contributed by atoms with Crippen LogP contribution in [0.4, 0.5) is 0 Å². The van der Waals surface area contributed by atoms with Gasteiger partial charge in [-0.2, -0.15) is 0 Å². The molecule has 5 atom stereocenters. The van der Waals surface area contributed by atoms with Crippen molar-refractivity contribution in [3.8, 4) is 0 Å². The minimum Gasteiger partial charge on any atom is -0.355 e. The molecule has 3 heteroatoms. The zero-order valence-corrected chi connectivity index (χ0v) is 11.4. The van der Waals surface area contributed by atoms with Crippen LogP contribution in [0.2, 0.25) is 0 Å². The topological polar surface area (TPSA) is 38.3 Å². The molecule has 1 aromatic carbocycles. The van der Waals surface area contributed by atoms with Gasteiger partial charge in [-0.25, -0.2) is 0 Å². The second-order valence-corrected chi connectivity index (χ2v) is 6.02. The molecule has 1 aliphatic heterocycles. The van der Waals surface area contributed by atoms with Gasteiger partial charge in [-0.3, -0.25) is 10.1 Å². The van der Waals surface area contributed by atoms with E-state index in [0.29, 0.717) is 24.4 Å². The first-order chi connectivity index (χ1) is 9.84. The van der Waals surface area contributed by atoms with Gasteiger partial charge in [-0.15, -0.1) is 0 Å². The maximum absolute atomic E-state index is 12.8. The number of hydrogen-bond acceptors (Lipinski definition) is 3. The molecule has 0 spiro atoms. The number of benzene rings is 1. The lowest BCUT2D eigenvalue weighted by molar-refractivity contribution is -0.134. The number of allylic oxidation sites excluding steroid dienone is 2. The van der Waals surface area contributed by atoms with E-state index in [1.165, 1.54) is 5.56 Å². The lowest BCUT2D eigenvalue weighted by Crippen LogP contribution is -2.40. The SMILES string of the molecule is O=C(C1NCCO1)[C@@H]1C2C=CC(C2)[C@H]1c1ccccc1. The van der Waals surface area contributed by atoms with Crippen LogP contribution in [-0.4, -0.2) is 25.2 Å². The van der Waals surface area contributed by atoms with Crippen molar-refractivity contribution in [1.29, 1.82) is 0 Å². The van der Waals surface area contributed by atoms with E-state index in [2.05, 4.69) is 41.7 Å². The smallest absolute Gasteiger partial charge is 0.180 e. The molecule has 2 bridgehead atoms. The van der Waals surface area contributed by atoms with Crippen LogP contribution >= 0.6 is 0 Å². The Bertz CT molecular complexity index is 533. The highest BCUT2D eigenvalue weighted by Gasteiger charge is 2.50. The zero-order valence-electron chi connectivity index (χ0n) is 11.4. The fourth-order valence-corrected chi connectivity index (χ4v) is 4.12. The second-order valence-electron chi connectivity index (χ2n) is 6.02. The fraction of sp³-hybridized carbons (Fsp3) is 0.471. The van der Waals surface area contributed by atoms with Gasteiger partial charge in [0.25, 0.3) is 0 Å². The highest BCUT2D eigenvalue weighted by atomic mass is 16.5. The van der Waals surface area contributed by atoms with Gasteiger partial charge in [0.05, 0.1) is 6.61 Å². The monoisotopic (exact) mass is 269 g/mol. The summed E-state index contributed by atoms with van der Waals surface area (Å²) < 4.78 is 5.53. The van der Waals surface area contributed by atoms with Crippen molar-refractivity contribution in [1.82, 2.24) is 5.32 Å². The summed E-state index contributed by atoms with van der Waals surface area (Å²) in [5.41, 5.74) is 1.29. The van der Waals surface area contributed by atoms with Gasteiger partial charge >= 0.3 is 0 Å². The molecule has 1 aromatic rings. The molecule has 104 valence electrons. The van der Waals surface area contributed by atoms with Crippen LogP contribution in [0, 0.1) is 17.8 Å². The van der Waals surface area contributed by atoms with Crippen molar-refractivity contribution < 1.29 is 9.53 Å². The van der Waals surface area contributed by atoms with Crippen LogP contribution in [0.3, 0.4) is 0 Å². The summed E-state index contributed by atoms with van der Waals surface area (Å²) in [6, 6.07) is 10.5. The zero-order chi connectivity index (χ0) is 13.5. The van der Waals surface area contributed by atoms with Crippen LogP contribution in [0.5, 0.6) is 0 Å². The van der Waals surface area contributed by atoms with E-state index >= 15 is 0 Å². The number of nitrogens with one attached hydrogen (secondary N) is 1. The van der Waals surface area contributed by atoms with Gasteiger partial charge < -0.3 is 4.74 Å². The summed E-state index contributed by atoms with van der Waals surface area (Å²) in [6.45, 7) is 1.42. The Morgan fingerprint density at radius 3 is 2.70 bits per heavy atom. The molecule has 1 saturated heterocycles. The van der Waals surface area contributed by atoms with E-state index in [4.69, 9.17) is 4.74 Å². The maximum Gasteiger partial charge on any atom is 0.180 e. The molecule has 3 unspecified atom stereocenters. The molecule has 1 saturated carbocycles. The second kappa shape index (κ2) is 4.83. The molecule has 1 N–H and O–H groups in total. The lowest BCUT2D eigenvalue weighted by atomic mass is 9.76. The third kappa shape index (κ3) is 1.85. The average molecular weight is 269 g/mol. The van der Waals surface area contributed by atoms with E-state index in [0.717, 1.165) is 13.0 Å². The Labute approximate surface area is 119 Å². The lowest BCUT2D eigenvalue weighted by Gasteiger charge is -2.29. The molecule has 2 aliphatic carbocycles. The van der Waals surface area contributed by atoms with Crippen molar-refractivity contribution in [3.05, 3.63) is 48.0 Å². The Kier molecular flexibility index (Phi) is 2.97. The van der Waals surface area contributed by atoms with Crippen LogP contribution in [0.15, 0.2) is 42.5 Å². The summed E-state index contributed by atoms with van der Waals surface area (Å²) in [5.74, 6) is 1.54. The molecule has 0 aromatic heterocycles. The molecule has 3 nitrogen and oxygen atoms in total. The van der Waals surface area contributed by atoms with Crippen LogP contribution < -0.4 is 5.32 Å². The number of hydrogen-bond donors (Lipinski definition) is 1. The minimum absolute atomic E-state index is 0.0722. The molecule has 4 rings (SSSR count). The van der Waals surface area contributed by atoms with Gasteiger partial charge in [0.1, 0.15) is 0 Å². The van der Waals surface area contributed by atoms with E-state index in [-0.39, 0.29) is 17.9 Å². The van der Waals surface area contributed by atoms with Crippen molar-refractivity contribution >= 4 is 5.78 Å². The minimum atomic E-state index is -0.390. The fourth-order valence-electron chi connectivity index (χ4n) is 4.12. The first-order valence-electron chi connectivity index (χ1n) is 7.46. The standard InChI is InChI=1S/C17H19NO2/c19-16(17-18-8-9-20-17)15-13-7-6-12(10-13)14(15)11-4-2-1-3-5-11/h1-7,12-15,17-18H,8-10H2/t12?,13?,14-,15-,17?/m1/s1. The van der Waals surface area contributed by atoms with E-state index in [1.54, 1.807) is 0 Å². The predicted octanol–water partition coefficient (Wildman–Crippen LogP) is 2.11. The van der Waals surface area contributed by atoms with Gasteiger partial charge in [0, 0.05) is 18.4 Å². The summed E-state index contributed by atoms with van der Waals surface area (Å²) in [7, 11) is 0. The highest BCUT2D eigenvalue weighted by molar-refractivity contribution is 5.87. The summed E-state index contributed by atoms with van der Waals surface area (Å²) >= 11 is 0. The number of rotatable bonds is 3. The normalized spacial score (nSPS) is 38.5. The number of ether oxygens (including phenoxy) is 1. The third-order valence-electron chi connectivity index (χ3n) is 4.95. The Morgan fingerprint density at radius 1 is 1.15 bits per heavy atom. The maximum atomic E-state index is 12.8. The molecule has 20 heavy (non-hydrogen) atoms. The largest absolute Gasteiger partial charge is 0.355 e. The Balaban J connectivity index is 1.66. The van der Waals surface area contributed by atoms with Crippen LogP contribution in [0.1, 0.15) is 17.9 Å². The molecule has 0 radical (unpaired) electrons. The molecule has 3 aliphatic rings. The summed E-state index contributed by atoms with van der Waals surface area (Å²) in [6.07, 6.45) is 5.26. The quantitative estimate of drug-likeness (QED) is 0.854. The molecular formula is C17H19NO2. The Morgan fingerprint density at radius 2 is 1.95 bits per heavy atom. The predicted molar refractivity (Wildman–Crippen MR) is 76.2 cm³/mol. The van der Waals surface area contributed by atoms with Crippen molar-refractivity contribution in [2.75, 3.05) is 13.2 Å². The van der Waals surface area contributed by atoms with Crippen molar-refractivity contribution in [2.45, 2.75) is 18.6 Å². The van der Waals surface area contributed by atoms with Crippen LogP contribution in [0.25, 0.3) is 0 Å². The van der Waals surface area contributed by atoms with E-state index in [1.807, 2.05) is 6.07 Å². The molecule has 1 heterocycles. The van der Waals surface area contributed by atoms with Crippen molar-refractivity contribution in [3.63, 3.8) is 0 Å². The number of ketones is 1. The van der Waals surface area contributed by atoms with Crippen LogP contribution in [-0.2, 0) is 9.53 Å².